The number of nitrogens with one attached hydrogen (secondary N) is 1. The molecule has 2 rings (SSSR count). The number of hydrogen-bond donors (Lipinski definition) is 3. The molecule has 2 saturated heterocycles. The standard InChI is InChI=1S/C14H27NO5/c1-4-5-6-7-15-10-11(9(17)8-16)18-13-12(10)19-14(2,3)20-13/h9-13,15-17H,4-8H2,1-3H3/t9-,10-,11-,12-,13-/m1/s1. The molecule has 118 valence electrons. The highest BCUT2D eigenvalue weighted by molar-refractivity contribution is 4.99. The summed E-state index contributed by atoms with van der Waals surface area (Å²) in [6.07, 6.45) is 1.20. The number of hydrogen-bond acceptors (Lipinski definition) is 6. The van der Waals surface area contributed by atoms with Crippen molar-refractivity contribution in [1.82, 2.24) is 5.32 Å². The van der Waals surface area contributed by atoms with Gasteiger partial charge in [-0.3, -0.25) is 0 Å². The van der Waals surface area contributed by atoms with Crippen molar-refractivity contribution in [3.05, 3.63) is 0 Å². The molecule has 20 heavy (non-hydrogen) atoms. The van der Waals surface area contributed by atoms with Gasteiger partial charge in [-0.1, -0.05) is 19.8 Å². The summed E-state index contributed by atoms with van der Waals surface area (Å²) in [5.41, 5.74) is 0. The van der Waals surface area contributed by atoms with Crippen molar-refractivity contribution in [2.45, 2.75) is 76.5 Å². The molecular weight excluding hydrogens is 262 g/mol. The normalized spacial score (nSPS) is 37.0. The smallest absolute Gasteiger partial charge is 0.189 e. The Labute approximate surface area is 120 Å². The fourth-order valence-corrected chi connectivity index (χ4v) is 2.84. The van der Waals surface area contributed by atoms with Gasteiger partial charge < -0.3 is 29.7 Å². The van der Waals surface area contributed by atoms with E-state index in [1.54, 1.807) is 0 Å². The van der Waals surface area contributed by atoms with E-state index in [4.69, 9.17) is 19.3 Å². The van der Waals surface area contributed by atoms with Gasteiger partial charge in [0, 0.05) is 0 Å². The molecule has 0 aromatic rings. The van der Waals surface area contributed by atoms with Crippen LogP contribution in [0, 0.1) is 0 Å². The Morgan fingerprint density at radius 1 is 1.25 bits per heavy atom. The lowest BCUT2D eigenvalue weighted by atomic mass is 10.0. The van der Waals surface area contributed by atoms with E-state index >= 15 is 0 Å². The van der Waals surface area contributed by atoms with Gasteiger partial charge in [-0.25, -0.2) is 0 Å². The van der Waals surface area contributed by atoms with Crippen LogP contribution in [0.1, 0.15) is 40.0 Å². The molecule has 2 fully saturated rings. The molecule has 0 spiro atoms. The van der Waals surface area contributed by atoms with Crippen LogP contribution >= 0.6 is 0 Å². The van der Waals surface area contributed by atoms with Crippen LogP contribution < -0.4 is 5.32 Å². The fourth-order valence-electron chi connectivity index (χ4n) is 2.84. The zero-order valence-electron chi connectivity index (χ0n) is 12.5. The topological polar surface area (TPSA) is 80.2 Å². The third-order valence-electron chi connectivity index (χ3n) is 3.81. The van der Waals surface area contributed by atoms with Gasteiger partial charge in [0.05, 0.1) is 12.6 Å². The van der Waals surface area contributed by atoms with Crippen molar-refractivity contribution in [2.24, 2.45) is 0 Å². The van der Waals surface area contributed by atoms with Crippen molar-refractivity contribution < 1.29 is 24.4 Å². The van der Waals surface area contributed by atoms with E-state index in [1.165, 1.54) is 0 Å². The van der Waals surface area contributed by atoms with E-state index in [-0.39, 0.29) is 18.8 Å². The molecule has 0 radical (unpaired) electrons. The lowest BCUT2D eigenvalue weighted by molar-refractivity contribution is -0.218. The highest BCUT2D eigenvalue weighted by atomic mass is 16.8. The minimum atomic E-state index is -0.931. The van der Waals surface area contributed by atoms with E-state index in [2.05, 4.69) is 12.2 Å². The Balaban J connectivity index is 1.97. The molecule has 5 atom stereocenters. The molecule has 0 bridgehead atoms. The maximum Gasteiger partial charge on any atom is 0.189 e. The van der Waals surface area contributed by atoms with Crippen molar-refractivity contribution in [2.75, 3.05) is 13.2 Å². The summed E-state index contributed by atoms with van der Waals surface area (Å²) >= 11 is 0. The van der Waals surface area contributed by atoms with E-state index in [9.17, 15) is 5.11 Å². The van der Waals surface area contributed by atoms with Gasteiger partial charge >= 0.3 is 0 Å². The number of rotatable bonds is 7. The SMILES string of the molecule is CCCCCN[C@H]1[C@H]2OC(C)(C)O[C@H]2O[C@@H]1[C@H](O)CO. The largest absolute Gasteiger partial charge is 0.394 e. The van der Waals surface area contributed by atoms with Crippen LogP contribution in [-0.4, -0.2) is 59.8 Å². The van der Waals surface area contributed by atoms with Crippen LogP contribution in [0.3, 0.4) is 0 Å². The summed E-state index contributed by atoms with van der Waals surface area (Å²) in [4.78, 5) is 0. The van der Waals surface area contributed by atoms with E-state index in [0.717, 1.165) is 25.8 Å². The van der Waals surface area contributed by atoms with Crippen LogP contribution in [0.4, 0.5) is 0 Å². The molecule has 0 aromatic heterocycles. The fraction of sp³-hybridized carbons (Fsp3) is 1.00. The zero-order valence-corrected chi connectivity index (χ0v) is 12.5. The highest BCUT2D eigenvalue weighted by Gasteiger charge is 2.55. The first kappa shape index (κ1) is 16.1. The quantitative estimate of drug-likeness (QED) is 0.587. The van der Waals surface area contributed by atoms with E-state index in [1.807, 2.05) is 13.8 Å². The Kier molecular flexibility index (Phi) is 5.39. The second-order valence-electron chi connectivity index (χ2n) is 6.01. The highest BCUT2D eigenvalue weighted by Crippen LogP contribution is 2.38. The monoisotopic (exact) mass is 289 g/mol. The van der Waals surface area contributed by atoms with Gasteiger partial charge in [0.25, 0.3) is 0 Å². The maximum absolute atomic E-state index is 9.89. The molecule has 0 amide bonds. The van der Waals surface area contributed by atoms with Crippen LogP contribution in [0.2, 0.25) is 0 Å². The van der Waals surface area contributed by atoms with Crippen molar-refractivity contribution >= 4 is 0 Å². The van der Waals surface area contributed by atoms with Crippen LogP contribution in [0.15, 0.2) is 0 Å². The van der Waals surface area contributed by atoms with E-state index < -0.39 is 24.3 Å². The van der Waals surface area contributed by atoms with Gasteiger partial charge in [-0.05, 0) is 26.8 Å². The molecule has 6 heteroatoms. The molecule has 6 nitrogen and oxygen atoms in total. The average Bonchev–Trinajstić information content (AvgIpc) is 2.86. The summed E-state index contributed by atoms with van der Waals surface area (Å²) in [5, 5.41) is 22.4. The summed E-state index contributed by atoms with van der Waals surface area (Å²) < 4.78 is 17.3. The molecule has 0 aromatic carbocycles. The number of fused-ring (bicyclic) bond motifs is 1. The van der Waals surface area contributed by atoms with Crippen molar-refractivity contribution in [3.8, 4) is 0 Å². The zero-order chi connectivity index (χ0) is 14.8. The van der Waals surface area contributed by atoms with Gasteiger partial charge in [0.2, 0.25) is 0 Å². The minimum absolute atomic E-state index is 0.166. The van der Waals surface area contributed by atoms with Gasteiger partial charge in [-0.15, -0.1) is 0 Å². The minimum Gasteiger partial charge on any atom is -0.394 e. The Morgan fingerprint density at radius 2 is 2.00 bits per heavy atom. The predicted molar refractivity (Wildman–Crippen MR) is 73.1 cm³/mol. The molecule has 3 N–H and O–H groups in total. The first-order chi connectivity index (χ1) is 9.48. The van der Waals surface area contributed by atoms with E-state index in [0.29, 0.717) is 0 Å². The number of aliphatic hydroxyl groups excluding tert-OH is 2. The first-order valence-electron chi connectivity index (χ1n) is 7.52. The van der Waals surface area contributed by atoms with Gasteiger partial charge in [-0.2, -0.15) is 0 Å². The summed E-state index contributed by atoms with van der Waals surface area (Å²) in [6, 6.07) is -0.166. The van der Waals surface area contributed by atoms with Crippen molar-refractivity contribution in [3.63, 3.8) is 0 Å². The predicted octanol–water partition coefficient (Wildman–Crippen LogP) is 0.364. The maximum atomic E-state index is 9.89. The molecule has 0 aliphatic carbocycles. The Morgan fingerprint density at radius 3 is 2.65 bits per heavy atom. The summed E-state index contributed by atoms with van der Waals surface area (Å²) in [6.45, 7) is 6.36. The Hall–Kier alpha value is -0.240. The number of unbranched alkanes of at least 4 members (excludes halogenated alkanes) is 2. The second kappa shape index (κ2) is 6.68. The molecule has 0 saturated carbocycles. The number of ether oxygens (including phenoxy) is 3. The number of aliphatic hydroxyl groups is 2. The molecule has 2 aliphatic rings. The average molecular weight is 289 g/mol. The summed E-state index contributed by atoms with van der Waals surface area (Å²) in [5.74, 6) is -0.673. The third kappa shape index (κ3) is 3.50. The Bertz CT molecular complexity index is 312. The molecule has 0 unspecified atom stereocenters. The molecule has 2 heterocycles. The second-order valence-corrected chi connectivity index (χ2v) is 6.01. The van der Waals surface area contributed by atoms with Gasteiger partial charge in [0.15, 0.2) is 12.1 Å². The van der Waals surface area contributed by atoms with Crippen LogP contribution in [-0.2, 0) is 14.2 Å². The third-order valence-corrected chi connectivity index (χ3v) is 3.81. The van der Waals surface area contributed by atoms with Crippen LogP contribution in [0.25, 0.3) is 0 Å². The first-order valence-corrected chi connectivity index (χ1v) is 7.52. The van der Waals surface area contributed by atoms with Gasteiger partial charge in [0.1, 0.15) is 18.3 Å². The molecular formula is C14H27NO5. The van der Waals surface area contributed by atoms with Crippen LogP contribution in [0.5, 0.6) is 0 Å². The lowest BCUT2D eigenvalue weighted by Gasteiger charge is -2.28. The summed E-state index contributed by atoms with van der Waals surface area (Å²) in [7, 11) is 0. The van der Waals surface area contributed by atoms with Crippen molar-refractivity contribution in [1.29, 1.82) is 0 Å². The molecule has 2 aliphatic heterocycles. The lowest BCUT2D eigenvalue weighted by Crippen LogP contribution is -2.50.